The Morgan fingerprint density at radius 2 is 1.82 bits per heavy atom. The molecule has 1 saturated heterocycles. The van der Waals surface area contributed by atoms with Gasteiger partial charge in [-0.25, -0.2) is 13.6 Å². The maximum absolute atomic E-state index is 16.0. The van der Waals surface area contributed by atoms with Crippen molar-refractivity contribution in [1.29, 1.82) is 0 Å². The van der Waals surface area contributed by atoms with E-state index < -0.39 is 39.7 Å². The van der Waals surface area contributed by atoms with Crippen LogP contribution in [0.4, 0.5) is 20.2 Å². The Balaban J connectivity index is 1.70. The molecule has 0 spiro atoms. The zero-order valence-electron chi connectivity index (χ0n) is 17.8. The predicted octanol–water partition coefficient (Wildman–Crippen LogP) is 3.07. The third-order valence-corrected chi connectivity index (χ3v) is 6.82. The van der Waals surface area contributed by atoms with Gasteiger partial charge in [-0.3, -0.25) is 4.79 Å². The summed E-state index contributed by atoms with van der Waals surface area (Å²) in [6.07, 6.45) is 2.56. The van der Waals surface area contributed by atoms with Crippen molar-refractivity contribution in [1.82, 2.24) is 4.57 Å². The van der Waals surface area contributed by atoms with E-state index in [4.69, 9.17) is 11.5 Å². The van der Waals surface area contributed by atoms with Gasteiger partial charge in [0.15, 0.2) is 11.6 Å². The molecule has 2 fully saturated rings. The molecule has 2 unspecified atom stereocenters. The van der Waals surface area contributed by atoms with Crippen molar-refractivity contribution in [3.63, 3.8) is 0 Å². The van der Waals surface area contributed by atoms with Crippen molar-refractivity contribution in [2.45, 2.75) is 24.8 Å². The summed E-state index contributed by atoms with van der Waals surface area (Å²) in [6, 6.07) is 9.50. The fourth-order valence-electron chi connectivity index (χ4n) is 4.99. The first-order valence-electron chi connectivity index (χ1n) is 10.9. The summed E-state index contributed by atoms with van der Waals surface area (Å²) in [7, 11) is 0. The number of pyridine rings is 1. The van der Waals surface area contributed by atoms with Crippen LogP contribution in [0.15, 0.2) is 41.3 Å². The van der Waals surface area contributed by atoms with Gasteiger partial charge in [-0.05, 0) is 30.9 Å². The second-order valence-corrected chi connectivity index (χ2v) is 8.85. The molecule has 2 atom stereocenters. The van der Waals surface area contributed by atoms with Gasteiger partial charge >= 0.3 is 5.97 Å². The molecule has 0 amide bonds. The monoisotopic (exact) mass is 454 g/mol. The molecule has 172 valence electrons. The van der Waals surface area contributed by atoms with Crippen molar-refractivity contribution in [2.24, 2.45) is 11.7 Å². The van der Waals surface area contributed by atoms with E-state index in [1.807, 2.05) is 30.3 Å². The highest BCUT2D eigenvalue weighted by Crippen LogP contribution is 2.44. The van der Waals surface area contributed by atoms with E-state index in [2.05, 4.69) is 0 Å². The van der Waals surface area contributed by atoms with E-state index in [-0.39, 0.29) is 29.1 Å². The normalized spacial score (nSPS) is 20.5. The van der Waals surface area contributed by atoms with Crippen molar-refractivity contribution in [3.05, 3.63) is 69.5 Å². The second-order valence-electron chi connectivity index (χ2n) is 8.85. The van der Waals surface area contributed by atoms with E-state index >= 15 is 8.78 Å². The predicted molar refractivity (Wildman–Crippen MR) is 122 cm³/mol. The number of rotatable bonds is 5. The fraction of sp³-hybridized carbons (Fsp3) is 0.333. The average Bonchev–Trinajstić information content (AvgIpc) is 3.56. The number of hydrogen-bond acceptors (Lipinski definition) is 5. The van der Waals surface area contributed by atoms with Gasteiger partial charge in [0.2, 0.25) is 5.43 Å². The molecule has 1 aromatic heterocycles. The molecule has 33 heavy (non-hydrogen) atoms. The Morgan fingerprint density at radius 1 is 1.12 bits per heavy atom. The van der Waals surface area contributed by atoms with Gasteiger partial charge < -0.3 is 26.0 Å². The molecule has 0 radical (unpaired) electrons. The minimum absolute atomic E-state index is 0.0214. The molecule has 5 N–H and O–H groups in total. The van der Waals surface area contributed by atoms with Crippen molar-refractivity contribution in [2.75, 3.05) is 30.3 Å². The molecule has 9 heteroatoms. The number of hydrogen-bond donors (Lipinski definition) is 3. The first kappa shape index (κ1) is 21.4. The second kappa shape index (κ2) is 7.84. The zero-order chi connectivity index (χ0) is 23.4. The number of nitrogen functional groups attached to an aromatic ring is 1. The molecule has 1 aliphatic carbocycles. The van der Waals surface area contributed by atoms with E-state index in [0.29, 0.717) is 32.5 Å². The minimum Gasteiger partial charge on any atom is -0.477 e. The summed E-state index contributed by atoms with van der Waals surface area (Å²) >= 11 is 0. The summed E-state index contributed by atoms with van der Waals surface area (Å²) in [4.78, 5) is 26.0. The van der Waals surface area contributed by atoms with E-state index in [1.54, 1.807) is 4.90 Å². The number of nitrogens with two attached hydrogens (primary N) is 2. The number of aromatic nitrogens is 1. The van der Waals surface area contributed by atoms with Crippen LogP contribution in [-0.2, 0) is 0 Å². The van der Waals surface area contributed by atoms with Crippen molar-refractivity contribution >= 4 is 28.2 Å². The molecule has 2 aromatic carbocycles. The number of fused-ring (bicyclic) bond motifs is 1. The van der Waals surface area contributed by atoms with Crippen LogP contribution in [0.25, 0.3) is 10.9 Å². The lowest BCUT2D eigenvalue weighted by molar-refractivity contribution is 0.0695. The average molecular weight is 454 g/mol. The molecular formula is C24H24F2N4O3. The minimum atomic E-state index is -1.46. The lowest BCUT2D eigenvalue weighted by Gasteiger charge is -2.24. The summed E-state index contributed by atoms with van der Waals surface area (Å²) in [5, 5.41) is 9.02. The number of carboxylic acid groups (broad SMARTS) is 1. The van der Waals surface area contributed by atoms with Crippen LogP contribution in [0.5, 0.6) is 0 Å². The molecule has 1 saturated carbocycles. The molecule has 3 aromatic rings. The number of carboxylic acids is 1. The molecule has 5 rings (SSSR count). The summed E-state index contributed by atoms with van der Waals surface area (Å²) in [5.41, 5.74) is 10.5. The highest BCUT2D eigenvalue weighted by molar-refractivity contribution is 5.99. The van der Waals surface area contributed by atoms with Gasteiger partial charge in [-0.15, -0.1) is 0 Å². The third-order valence-electron chi connectivity index (χ3n) is 6.82. The fourth-order valence-corrected chi connectivity index (χ4v) is 4.99. The summed E-state index contributed by atoms with van der Waals surface area (Å²) < 4.78 is 33.0. The molecule has 1 aliphatic heterocycles. The maximum Gasteiger partial charge on any atom is 0.341 e. The van der Waals surface area contributed by atoms with Gasteiger partial charge in [0.25, 0.3) is 0 Å². The van der Waals surface area contributed by atoms with Gasteiger partial charge in [-0.1, -0.05) is 30.3 Å². The first-order chi connectivity index (χ1) is 15.8. The highest BCUT2D eigenvalue weighted by Gasteiger charge is 2.38. The van der Waals surface area contributed by atoms with Crippen LogP contribution in [0.1, 0.15) is 40.7 Å². The molecule has 7 nitrogen and oxygen atoms in total. The Bertz CT molecular complexity index is 1320. The van der Waals surface area contributed by atoms with Gasteiger partial charge in [0, 0.05) is 31.2 Å². The SMILES string of the molecule is NCC1CN(c2c(F)c(N)c3c(=O)c(C(=O)O)cn(C4CC4)c3c2F)CC1c1ccccc1. The number of benzene rings is 2. The number of carbonyl (C=O) groups is 1. The molecule has 2 aliphatic rings. The van der Waals surface area contributed by atoms with Crippen LogP contribution < -0.4 is 21.8 Å². The van der Waals surface area contributed by atoms with Crippen LogP contribution in [0, 0.1) is 17.6 Å². The van der Waals surface area contributed by atoms with Crippen molar-refractivity contribution in [3.8, 4) is 0 Å². The number of aromatic carboxylic acids is 1. The van der Waals surface area contributed by atoms with E-state index in [9.17, 15) is 14.7 Å². The van der Waals surface area contributed by atoms with Gasteiger partial charge in [0.05, 0.1) is 16.6 Å². The van der Waals surface area contributed by atoms with Crippen LogP contribution in [-0.4, -0.2) is 35.3 Å². The van der Waals surface area contributed by atoms with E-state index in [0.717, 1.165) is 11.8 Å². The Morgan fingerprint density at radius 3 is 2.42 bits per heavy atom. The number of anilines is 2. The van der Waals surface area contributed by atoms with E-state index in [1.165, 1.54) is 4.57 Å². The Labute approximate surface area is 188 Å². The number of halogens is 2. The topological polar surface area (TPSA) is 115 Å². The molecule has 0 bridgehead atoms. The maximum atomic E-state index is 16.0. The lowest BCUT2D eigenvalue weighted by atomic mass is 9.89. The van der Waals surface area contributed by atoms with Crippen LogP contribution in [0.2, 0.25) is 0 Å². The van der Waals surface area contributed by atoms with Gasteiger partial charge in [-0.2, -0.15) is 0 Å². The highest BCUT2D eigenvalue weighted by atomic mass is 19.1. The van der Waals surface area contributed by atoms with Crippen molar-refractivity contribution < 1.29 is 18.7 Å². The zero-order valence-corrected chi connectivity index (χ0v) is 17.8. The first-order valence-corrected chi connectivity index (χ1v) is 10.9. The standard InChI is InChI=1S/C24H24F2N4O3/c25-18-20(28)17-21(30(14-6-7-14)11-16(23(17)31)24(32)33)19(26)22(18)29-9-13(8-27)15(10-29)12-4-2-1-3-5-12/h1-5,11,13-15H,6-10,27-28H2,(H,32,33). The largest absolute Gasteiger partial charge is 0.477 e. The smallest absolute Gasteiger partial charge is 0.341 e. The Hall–Kier alpha value is -3.46. The quantitative estimate of drug-likeness (QED) is 0.511. The number of nitrogens with zero attached hydrogens (tertiary/aromatic N) is 2. The van der Waals surface area contributed by atoms with Gasteiger partial charge in [0.1, 0.15) is 11.3 Å². The third kappa shape index (κ3) is 3.34. The summed E-state index contributed by atoms with van der Waals surface area (Å²) in [6.45, 7) is 1.01. The Kier molecular flexibility index (Phi) is 5.08. The van der Waals surface area contributed by atoms with Crippen LogP contribution >= 0.6 is 0 Å². The molecular weight excluding hydrogens is 430 g/mol. The molecule has 2 heterocycles. The summed E-state index contributed by atoms with van der Waals surface area (Å²) in [5.74, 6) is -3.46. The lowest BCUT2D eigenvalue weighted by Crippen LogP contribution is -2.27. The van der Waals surface area contributed by atoms with Crippen LogP contribution in [0.3, 0.4) is 0 Å².